The summed E-state index contributed by atoms with van der Waals surface area (Å²) in [6.45, 7) is 1.93. The molecule has 122 valence electrons. The average Bonchev–Trinajstić information content (AvgIpc) is 3.21. The van der Waals surface area contributed by atoms with Gasteiger partial charge in [-0.3, -0.25) is 0 Å². The third kappa shape index (κ3) is 3.12. The quantitative estimate of drug-likeness (QED) is 0.429. The number of hydrazone groups is 1. The maximum Gasteiger partial charge on any atom is 0.244 e. The van der Waals surface area contributed by atoms with Gasteiger partial charge in [-0.1, -0.05) is 48.5 Å². The molecule has 0 atom stereocenters. The third-order valence-corrected chi connectivity index (χ3v) is 3.96. The molecule has 2 N–H and O–H groups in total. The van der Waals surface area contributed by atoms with Crippen molar-refractivity contribution in [2.75, 3.05) is 5.43 Å². The Morgan fingerprint density at radius 3 is 2.52 bits per heavy atom. The molecule has 5 heteroatoms. The number of hydrogen-bond acceptors (Lipinski definition) is 4. The first-order chi connectivity index (χ1) is 12.3. The number of aromatic amines is 1. The normalized spacial score (nSPS) is 11.6. The minimum atomic E-state index is 0.475. The summed E-state index contributed by atoms with van der Waals surface area (Å²) in [5, 5.41) is 5.41. The summed E-state index contributed by atoms with van der Waals surface area (Å²) < 4.78 is 0. The Bertz CT molecular complexity index is 1020. The van der Waals surface area contributed by atoms with Gasteiger partial charge in [0.05, 0.1) is 22.6 Å². The summed E-state index contributed by atoms with van der Waals surface area (Å²) >= 11 is 0. The van der Waals surface area contributed by atoms with Crippen molar-refractivity contribution in [3.8, 4) is 11.3 Å². The van der Waals surface area contributed by atoms with E-state index in [0.717, 1.165) is 33.6 Å². The van der Waals surface area contributed by atoms with Crippen LogP contribution in [-0.2, 0) is 0 Å². The van der Waals surface area contributed by atoms with Crippen molar-refractivity contribution in [2.24, 2.45) is 5.10 Å². The first-order valence-corrected chi connectivity index (χ1v) is 8.07. The van der Waals surface area contributed by atoms with Crippen molar-refractivity contribution in [3.63, 3.8) is 0 Å². The Morgan fingerprint density at radius 1 is 0.920 bits per heavy atom. The number of nitrogens with zero attached hydrogens (tertiary/aromatic N) is 3. The standard InChI is InChI=1S/C20H17N5/c1-14(17-12-7-13-21-17)24-25-20-22-18-11-6-5-10-16(18)19(23-20)15-8-3-2-4-9-15/h2-13,21H,1H3,(H,22,23,25)/b24-14+. The van der Waals surface area contributed by atoms with Crippen LogP contribution in [0.5, 0.6) is 0 Å². The van der Waals surface area contributed by atoms with Gasteiger partial charge in [0, 0.05) is 17.1 Å². The Labute approximate surface area is 145 Å². The molecule has 0 unspecified atom stereocenters. The molecular formula is C20H17N5. The molecule has 5 nitrogen and oxygen atoms in total. The van der Waals surface area contributed by atoms with Crippen molar-refractivity contribution >= 4 is 22.6 Å². The molecule has 2 aromatic heterocycles. The van der Waals surface area contributed by atoms with Crippen LogP contribution in [0, 0.1) is 0 Å². The number of para-hydroxylation sites is 1. The van der Waals surface area contributed by atoms with Crippen LogP contribution in [0.2, 0.25) is 0 Å². The van der Waals surface area contributed by atoms with Gasteiger partial charge >= 0.3 is 0 Å². The number of nitrogens with one attached hydrogen (secondary N) is 2. The summed E-state index contributed by atoms with van der Waals surface area (Å²) in [7, 11) is 0. The minimum absolute atomic E-state index is 0.475. The third-order valence-electron chi connectivity index (χ3n) is 3.96. The van der Waals surface area contributed by atoms with Gasteiger partial charge in [-0.2, -0.15) is 5.10 Å². The Morgan fingerprint density at radius 2 is 1.72 bits per heavy atom. The van der Waals surface area contributed by atoms with Crippen LogP contribution < -0.4 is 5.43 Å². The highest BCUT2D eigenvalue weighted by atomic mass is 15.4. The first-order valence-electron chi connectivity index (χ1n) is 8.07. The van der Waals surface area contributed by atoms with Crippen molar-refractivity contribution in [1.29, 1.82) is 0 Å². The monoisotopic (exact) mass is 327 g/mol. The number of hydrogen-bond donors (Lipinski definition) is 2. The fourth-order valence-corrected chi connectivity index (χ4v) is 2.69. The number of rotatable bonds is 4. The summed E-state index contributed by atoms with van der Waals surface area (Å²) in [6, 6.07) is 22.0. The smallest absolute Gasteiger partial charge is 0.244 e. The van der Waals surface area contributed by atoms with Crippen LogP contribution in [0.3, 0.4) is 0 Å². The van der Waals surface area contributed by atoms with E-state index in [1.54, 1.807) is 0 Å². The fourth-order valence-electron chi connectivity index (χ4n) is 2.69. The molecule has 2 aromatic carbocycles. The van der Waals surface area contributed by atoms with E-state index in [0.29, 0.717) is 5.95 Å². The first kappa shape index (κ1) is 15.1. The number of fused-ring (bicyclic) bond motifs is 1. The number of anilines is 1. The molecule has 25 heavy (non-hydrogen) atoms. The molecule has 0 bridgehead atoms. The average molecular weight is 327 g/mol. The van der Waals surface area contributed by atoms with Gasteiger partial charge in [-0.05, 0) is 25.1 Å². The van der Waals surface area contributed by atoms with Gasteiger partial charge in [0.15, 0.2) is 0 Å². The van der Waals surface area contributed by atoms with E-state index in [2.05, 4.69) is 25.5 Å². The van der Waals surface area contributed by atoms with Gasteiger partial charge in [0.25, 0.3) is 0 Å². The van der Waals surface area contributed by atoms with Crippen LogP contribution in [0.25, 0.3) is 22.2 Å². The molecule has 0 fully saturated rings. The highest BCUT2D eigenvalue weighted by Gasteiger charge is 2.09. The van der Waals surface area contributed by atoms with Crippen LogP contribution in [0.1, 0.15) is 12.6 Å². The van der Waals surface area contributed by atoms with Crippen molar-refractivity contribution in [1.82, 2.24) is 15.0 Å². The number of H-pyrrole nitrogens is 1. The summed E-state index contributed by atoms with van der Waals surface area (Å²) in [5.41, 5.74) is 7.59. The van der Waals surface area contributed by atoms with Crippen LogP contribution in [0.15, 0.2) is 78.0 Å². The molecule has 0 saturated heterocycles. The van der Waals surface area contributed by atoms with Crippen LogP contribution in [-0.4, -0.2) is 20.7 Å². The molecule has 2 heterocycles. The van der Waals surface area contributed by atoms with E-state index in [1.807, 2.05) is 79.9 Å². The van der Waals surface area contributed by atoms with Gasteiger partial charge < -0.3 is 4.98 Å². The van der Waals surface area contributed by atoms with E-state index < -0.39 is 0 Å². The van der Waals surface area contributed by atoms with Crippen molar-refractivity contribution < 1.29 is 0 Å². The van der Waals surface area contributed by atoms with E-state index in [1.165, 1.54) is 0 Å². The van der Waals surface area contributed by atoms with E-state index in [-0.39, 0.29) is 0 Å². The maximum atomic E-state index is 4.68. The molecular weight excluding hydrogens is 310 g/mol. The highest BCUT2D eigenvalue weighted by Crippen LogP contribution is 2.26. The molecule has 4 rings (SSSR count). The van der Waals surface area contributed by atoms with Crippen molar-refractivity contribution in [3.05, 3.63) is 78.6 Å². The van der Waals surface area contributed by atoms with Gasteiger partial charge in [-0.15, -0.1) is 0 Å². The zero-order chi connectivity index (χ0) is 17.1. The largest absolute Gasteiger partial charge is 0.360 e. The molecule has 0 spiro atoms. The number of aromatic nitrogens is 3. The lowest BCUT2D eigenvalue weighted by Gasteiger charge is -2.08. The maximum absolute atomic E-state index is 4.68. The lowest BCUT2D eigenvalue weighted by molar-refractivity contribution is 1.15. The molecule has 0 aliphatic heterocycles. The van der Waals surface area contributed by atoms with Gasteiger partial charge in [0.2, 0.25) is 5.95 Å². The Hall–Kier alpha value is -3.47. The summed E-state index contributed by atoms with van der Waals surface area (Å²) in [6.07, 6.45) is 1.87. The Kier molecular flexibility index (Phi) is 3.96. The lowest BCUT2D eigenvalue weighted by atomic mass is 10.1. The fraction of sp³-hybridized carbons (Fsp3) is 0.0500. The molecule has 4 aromatic rings. The Balaban J connectivity index is 1.76. The second-order valence-corrected chi connectivity index (χ2v) is 5.67. The van der Waals surface area contributed by atoms with E-state index in [9.17, 15) is 0 Å². The molecule has 0 amide bonds. The van der Waals surface area contributed by atoms with Gasteiger partial charge in [0.1, 0.15) is 0 Å². The summed E-state index contributed by atoms with van der Waals surface area (Å²) in [5.74, 6) is 0.475. The minimum Gasteiger partial charge on any atom is -0.360 e. The molecule has 0 radical (unpaired) electrons. The molecule has 0 aliphatic carbocycles. The summed E-state index contributed by atoms with van der Waals surface area (Å²) in [4.78, 5) is 12.4. The van der Waals surface area contributed by atoms with Crippen LogP contribution in [0.4, 0.5) is 5.95 Å². The highest BCUT2D eigenvalue weighted by molar-refractivity contribution is 5.97. The van der Waals surface area contributed by atoms with E-state index >= 15 is 0 Å². The van der Waals surface area contributed by atoms with Crippen LogP contribution >= 0.6 is 0 Å². The zero-order valence-corrected chi connectivity index (χ0v) is 13.8. The topological polar surface area (TPSA) is 66.0 Å². The lowest BCUT2D eigenvalue weighted by Crippen LogP contribution is -2.03. The van der Waals surface area contributed by atoms with Crippen molar-refractivity contribution in [2.45, 2.75) is 6.92 Å². The SMILES string of the molecule is C/C(=N\Nc1nc(-c2ccccc2)c2ccccc2n1)c1ccc[nH]1. The second-order valence-electron chi connectivity index (χ2n) is 5.67. The number of benzene rings is 2. The zero-order valence-electron chi connectivity index (χ0n) is 13.8. The second kappa shape index (κ2) is 6.57. The predicted octanol–water partition coefficient (Wildman–Crippen LogP) is 4.46. The molecule has 0 aliphatic rings. The van der Waals surface area contributed by atoms with Gasteiger partial charge in [-0.25, -0.2) is 15.4 Å². The van der Waals surface area contributed by atoms with E-state index in [4.69, 9.17) is 0 Å². The molecule has 0 saturated carbocycles. The predicted molar refractivity (Wildman–Crippen MR) is 102 cm³/mol.